The molecule has 2 aliphatic rings. The van der Waals surface area contributed by atoms with Crippen molar-refractivity contribution in [3.8, 4) is 0 Å². The van der Waals surface area contributed by atoms with Gasteiger partial charge in [-0.2, -0.15) is 0 Å². The Kier molecular flexibility index (Phi) is 6.21. The molecule has 7 nitrogen and oxygen atoms in total. The van der Waals surface area contributed by atoms with E-state index in [1.54, 1.807) is 11.0 Å². The van der Waals surface area contributed by atoms with E-state index in [9.17, 15) is 14.4 Å². The number of piperidine rings is 1. The molecule has 1 saturated heterocycles. The molecule has 4 amide bonds. The zero-order valence-corrected chi connectivity index (χ0v) is 16.9. The molecule has 1 aromatic carbocycles. The average Bonchev–Trinajstić information content (AvgIpc) is 3.48. The minimum atomic E-state index is -0.175. The van der Waals surface area contributed by atoms with Gasteiger partial charge >= 0.3 is 6.03 Å². The van der Waals surface area contributed by atoms with Crippen molar-refractivity contribution in [2.45, 2.75) is 58.5 Å². The van der Waals surface area contributed by atoms with Crippen LogP contribution in [0.2, 0.25) is 0 Å². The fourth-order valence-electron chi connectivity index (χ4n) is 3.38. The Morgan fingerprint density at radius 3 is 2.36 bits per heavy atom. The number of nitrogens with one attached hydrogen (secondary N) is 3. The number of amides is 4. The van der Waals surface area contributed by atoms with Crippen LogP contribution < -0.4 is 16.0 Å². The molecule has 1 aromatic rings. The fourth-order valence-corrected chi connectivity index (χ4v) is 3.38. The van der Waals surface area contributed by atoms with Crippen LogP contribution in [0.4, 0.5) is 10.5 Å². The maximum atomic E-state index is 12.6. The second-order valence-electron chi connectivity index (χ2n) is 8.13. The Morgan fingerprint density at radius 2 is 1.75 bits per heavy atom. The van der Waals surface area contributed by atoms with Gasteiger partial charge in [-0.1, -0.05) is 6.07 Å². The van der Waals surface area contributed by atoms with Gasteiger partial charge in [-0.25, -0.2) is 4.79 Å². The summed E-state index contributed by atoms with van der Waals surface area (Å²) in [6.07, 6.45) is 3.53. The van der Waals surface area contributed by atoms with Gasteiger partial charge in [-0.05, 0) is 64.2 Å². The van der Waals surface area contributed by atoms with Crippen LogP contribution in [0, 0.1) is 12.8 Å². The zero-order valence-electron chi connectivity index (χ0n) is 16.9. The third-order valence-electron chi connectivity index (χ3n) is 5.23. The maximum absolute atomic E-state index is 12.6. The quantitative estimate of drug-likeness (QED) is 0.727. The van der Waals surface area contributed by atoms with Gasteiger partial charge in [0.1, 0.15) is 0 Å². The summed E-state index contributed by atoms with van der Waals surface area (Å²) < 4.78 is 0. The van der Waals surface area contributed by atoms with Crippen molar-refractivity contribution < 1.29 is 14.4 Å². The third-order valence-corrected chi connectivity index (χ3v) is 5.23. The summed E-state index contributed by atoms with van der Waals surface area (Å²) in [6.45, 7) is 6.91. The Bertz CT molecular complexity index is 750. The van der Waals surface area contributed by atoms with Gasteiger partial charge in [-0.15, -0.1) is 0 Å². The van der Waals surface area contributed by atoms with Gasteiger partial charge in [0.25, 0.3) is 5.91 Å². The molecule has 0 aromatic heterocycles. The number of rotatable bonds is 5. The molecular weight excluding hydrogens is 356 g/mol. The van der Waals surface area contributed by atoms with Crippen molar-refractivity contribution >= 4 is 23.5 Å². The highest BCUT2D eigenvalue weighted by Gasteiger charge is 2.32. The van der Waals surface area contributed by atoms with E-state index >= 15 is 0 Å². The Hall–Kier alpha value is -2.57. The largest absolute Gasteiger partial charge is 0.353 e. The van der Waals surface area contributed by atoms with Crippen LogP contribution in [-0.4, -0.2) is 47.9 Å². The van der Waals surface area contributed by atoms with Crippen molar-refractivity contribution in [1.29, 1.82) is 0 Å². The predicted octanol–water partition coefficient (Wildman–Crippen LogP) is 2.66. The van der Waals surface area contributed by atoms with E-state index in [0.29, 0.717) is 24.3 Å². The molecule has 0 radical (unpaired) electrons. The number of hydrogen-bond acceptors (Lipinski definition) is 3. The summed E-state index contributed by atoms with van der Waals surface area (Å²) in [5, 5.41) is 8.86. The van der Waals surface area contributed by atoms with Crippen molar-refractivity contribution in [2.75, 3.05) is 18.4 Å². The van der Waals surface area contributed by atoms with Gasteiger partial charge in [0.05, 0.1) is 0 Å². The van der Waals surface area contributed by atoms with Crippen LogP contribution >= 0.6 is 0 Å². The molecule has 3 N–H and O–H groups in total. The van der Waals surface area contributed by atoms with Crippen molar-refractivity contribution in [3.05, 3.63) is 29.3 Å². The van der Waals surface area contributed by atoms with Crippen LogP contribution in [0.5, 0.6) is 0 Å². The first-order valence-electron chi connectivity index (χ1n) is 10.1. The number of benzene rings is 1. The van der Waals surface area contributed by atoms with Crippen LogP contribution in [0.25, 0.3) is 0 Å². The molecule has 1 aliphatic heterocycles. The molecule has 7 heteroatoms. The molecule has 0 bridgehead atoms. The molecule has 0 unspecified atom stereocenters. The lowest BCUT2D eigenvalue weighted by molar-refractivity contribution is -0.123. The number of aryl methyl sites for hydroxylation is 1. The van der Waals surface area contributed by atoms with E-state index in [4.69, 9.17) is 0 Å². The van der Waals surface area contributed by atoms with E-state index in [0.717, 1.165) is 31.2 Å². The second kappa shape index (κ2) is 8.63. The van der Waals surface area contributed by atoms with Gasteiger partial charge in [-0.3, -0.25) is 9.59 Å². The highest BCUT2D eigenvalue weighted by Crippen LogP contribution is 2.29. The Morgan fingerprint density at radius 1 is 1.07 bits per heavy atom. The molecule has 1 heterocycles. The van der Waals surface area contributed by atoms with E-state index in [1.807, 2.05) is 32.9 Å². The Labute approximate surface area is 166 Å². The van der Waals surface area contributed by atoms with Gasteiger partial charge in [0.2, 0.25) is 5.91 Å². The number of hydrogen-bond donors (Lipinski definition) is 3. The first-order chi connectivity index (χ1) is 13.3. The number of likely N-dealkylation sites (tertiary alicyclic amines) is 1. The van der Waals surface area contributed by atoms with Crippen LogP contribution in [0.3, 0.4) is 0 Å². The second-order valence-corrected chi connectivity index (χ2v) is 8.13. The first-order valence-corrected chi connectivity index (χ1v) is 10.1. The van der Waals surface area contributed by atoms with Crippen LogP contribution in [-0.2, 0) is 4.79 Å². The minimum Gasteiger partial charge on any atom is -0.353 e. The van der Waals surface area contributed by atoms with Gasteiger partial charge < -0.3 is 20.9 Å². The van der Waals surface area contributed by atoms with Crippen molar-refractivity contribution in [2.24, 2.45) is 5.92 Å². The topological polar surface area (TPSA) is 90.5 Å². The van der Waals surface area contributed by atoms with E-state index < -0.39 is 0 Å². The Balaban J connectivity index is 1.53. The molecule has 3 rings (SSSR count). The van der Waals surface area contributed by atoms with E-state index in [-0.39, 0.29) is 35.8 Å². The predicted molar refractivity (Wildman–Crippen MR) is 108 cm³/mol. The standard InChI is InChI=1S/C21H30N4O3/c1-13(2)22-20(27)18-12-17(7-4-14(18)3)24-21(28)25-10-8-16(9-11-25)23-19(26)15-5-6-15/h4,7,12-13,15-16H,5-6,8-11H2,1-3H3,(H,22,27)(H,23,26)(H,24,28). The summed E-state index contributed by atoms with van der Waals surface area (Å²) in [5.74, 6) is 0.232. The summed E-state index contributed by atoms with van der Waals surface area (Å²) in [4.78, 5) is 38.5. The molecule has 152 valence electrons. The van der Waals surface area contributed by atoms with Crippen molar-refractivity contribution in [3.63, 3.8) is 0 Å². The number of nitrogens with zero attached hydrogens (tertiary/aromatic N) is 1. The maximum Gasteiger partial charge on any atom is 0.321 e. The normalized spacial score (nSPS) is 17.4. The highest BCUT2D eigenvalue weighted by atomic mass is 16.2. The van der Waals surface area contributed by atoms with E-state index in [2.05, 4.69) is 16.0 Å². The first kappa shape index (κ1) is 20.2. The summed E-state index contributed by atoms with van der Waals surface area (Å²) in [6, 6.07) is 5.39. The molecule has 0 atom stereocenters. The lowest BCUT2D eigenvalue weighted by atomic mass is 10.0. The van der Waals surface area contributed by atoms with Crippen LogP contribution in [0.1, 0.15) is 55.5 Å². The highest BCUT2D eigenvalue weighted by molar-refractivity contribution is 5.98. The molecule has 0 spiro atoms. The minimum absolute atomic E-state index is 0.0480. The molecule has 1 saturated carbocycles. The smallest absolute Gasteiger partial charge is 0.321 e. The lowest BCUT2D eigenvalue weighted by Crippen LogP contribution is -2.48. The number of urea groups is 1. The summed E-state index contributed by atoms with van der Waals surface area (Å²) in [7, 11) is 0. The zero-order chi connectivity index (χ0) is 20.3. The van der Waals surface area contributed by atoms with E-state index in [1.165, 1.54) is 0 Å². The number of carbonyl (C=O) groups is 3. The molecule has 2 fully saturated rings. The van der Waals surface area contributed by atoms with Crippen molar-refractivity contribution in [1.82, 2.24) is 15.5 Å². The van der Waals surface area contributed by atoms with Gasteiger partial charge in [0, 0.05) is 42.3 Å². The van der Waals surface area contributed by atoms with Crippen LogP contribution in [0.15, 0.2) is 18.2 Å². The summed E-state index contributed by atoms with van der Waals surface area (Å²) in [5.41, 5.74) is 2.03. The third kappa shape index (κ3) is 5.24. The number of anilines is 1. The lowest BCUT2D eigenvalue weighted by Gasteiger charge is -2.32. The molecule has 1 aliphatic carbocycles. The van der Waals surface area contributed by atoms with Gasteiger partial charge in [0.15, 0.2) is 0 Å². The molecular formula is C21H30N4O3. The monoisotopic (exact) mass is 386 g/mol. The summed E-state index contributed by atoms with van der Waals surface area (Å²) >= 11 is 0. The fraction of sp³-hybridized carbons (Fsp3) is 0.571. The SMILES string of the molecule is Cc1ccc(NC(=O)N2CCC(NC(=O)C3CC3)CC2)cc1C(=O)NC(C)C. The molecule has 28 heavy (non-hydrogen) atoms. The average molecular weight is 386 g/mol. The number of carbonyl (C=O) groups excluding carboxylic acids is 3.